The highest BCUT2D eigenvalue weighted by Crippen LogP contribution is 2.07. The molecule has 1 heterocycles. The number of aryl methyl sites for hydroxylation is 1. The van der Waals surface area contributed by atoms with Crippen molar-refractivity contribution >= 4 is 28.8 Å². The number of nitrogens with zero attached hydrogens (tertiary/aromatic N) is 1. The maximum Gasteiger partial charge on any atom is 0.270 e. The van der Waals surface area contributed by atoms with Crippen molar-refractivity contribution < 1.29 is 4.79 Å². The fourth-order valence-electron chi connectivity index (χ4n) is 0.792. The highest BCUT2D eigenvalue weighted by atomic mass is 35.5. The first-order chi connectivity index (χ1) is 6.09. The molecular formula is C8H11ClN2OS. The summed E-state index contributed by atoms with van der Waals surface area (Å²) < 4.78 is 0. The van der Waals surface area contributed by atoms with E-state index in [1.807, 2.05) is 13.8 Å². The van der Waals surface area contributed by atoms with E-state index >= 15 is 0 Å². The third-order valence-electron chi connectivity index (χ3n) is 1.40. The van der Waals surface area contributed by atoms with Gasteiger partial charge in [0.25, 0.3) is 5.91 Å². The predicted octanol–water partition coefficient (Wildman–Crippen LogP) is 1.81. The zero-order chi connectivity index (χ0) is 9.84. The Bertz CT molecular complexity index is 298. The van der Waals surface area contributed by atoms with E-state index in [4.69, 9.17) is 11.6 Å². The van der Waals surface area contributed by atoms with Gasteiger partial charge in [0.1, 0.15) is 5.69 Å². The summed E-state index contributed by atoms with van der Waals surface area (Å²) in [4.78, 5) is 15.4. The Morgan fingerprint density at radius 1 is 1.85 bits per heavy atom. The van der Waals surface area contributed by atoms with Crippen LogP contribution in [0.3, 0.4) is 0 Å². The van der Waals surface area contributed by atoms with E-state index in [1.165, 1.54) is 11.3 Å². The van der Waals surface area contributed by atoms with Crippen LogP contribution in [0.2, 0.25) is 0 Å². The van der Waals surface area contributed by atoms with Crippen molar-refractivity contribution in [3.05, 3.63) is 16.1 Å². The molecule has 0 saturated carbocycles. The van der Waals surface area contributed by atoms with Crippen molar-refractivity contribution in [3.8, 4) is 0 Å². The molecule has 1 atom stereocenters. The number of rotatable bonds is 3. The van der Waals surface area contributed by atoms with Crippen molar-refractivity contribution in [1.29, 1.82) is 0 Å². The topological polar surface area (TPSA) is 42.0 Å². The molecule has 5 heteroatoms. The molecule has 0 saturated heterocycles. The second-order valence-corrected chi connectivity index (χ2v) is 4.55. The van der Waals surface area contributed by atoms with E-state index in [9.17, 15) is 4.79 Å². The predicted molar refractivity (Wildman–Crippen MR) is 54.5 cm³/mol. The zero-order valence-electron chi connectivity index (χ0n) is 7.50. The Kier molecular flexibility index (Phi) is 3.69. The van der Waals surface area contributed by atoms with Gasteiger partial charge in [-0.05, 0) is 13.8 Å². The first kappa shape index (κ1) is 10.5. The molecule has 1 aromatic rings. The molecule has 1 rings (SSSR count). The maximum atomic E-state index is 11.3. The quantitative estimate of drug-likeness (QED) is 0.787. The van der Waals surface area contributed by atoms with E-state index in [-0.39, 0.29) is 11.3 Å². The second kappa shape index (κ2) is 4.58. The van der Waals surface area contributed by atoms with Gasteiger partial charge in [-0.25, -0.2) is 4.98 Å². The number of hydrogen-bond acceptors (Lipinski definition) is 3. The van der Waals surface area contributed by atoms with Gasteiger partial charge in [-0.1, -0.05) is 0 Å². The molecular weight excluding hydrogens is 208 g/mol. The Morgan fingerprint density at radius 2 is 2.54 bits per heavy atom. The molecule has 1 N–H and O–H groups in total. The number of nitrogens with one attached hydrogen (secondary N) is 1. The van der Waals surface area contributed by atoms with Crippen molar-refractivity contribution in [2.45, 2.75) is 19.2 Å². The minimum atomic E-state index is -0.156. The van der Waals surface area contributed by atoms with Crippen LogP contribution in [0, 0.1) is 6.92 Å². The number of hydrogen-bond donors (Lipinski definition) is 1. The lowest BCUT2D eigenvalue weighted by atomic mass is 10.4. The van der Waals surface area contributed by atoms with Crippen LogP contribution in [0.5, 0.6) is 0 Å². The zero-order valence-corrected chi connectivity index (χ0v) is 9.08. The fraction of sp³-hybridized carbons (Fsp3) is 0.500. The molecule has 0 aromatic carbocycles. The lowest BCUT2D eigenvalue weighted by molar-refractivity contribution is 0.0949. The molecule has 72 valence electrons. The van der Waals surface area contributed by atoms with Gasteiger partial charge in [-0.2, -0.15) is 0 Å². The average Bonchev–Trinajstić information content (AvgIpc) is 2.47. The molecule has 1 aromatic heterocycles. The summed E-state index contributed by atoms with van der Waals surface area (Å²) in [6.07, 6.45) is 0. The molecule has 13 heavy (non-hydrogen) atoms. The average molecular weight is 219 g/mol. The summed E-state index contributed by atoms with van der Waals surface area (Å²) in [5.74, 6) is -0.156. The van der Waals surface area contributed by atoms with Crippen LogP contribution in [-0.2, 0) is 0 Å². The van der Waals surface area contributed by atoms with Gasteiger partial charge in [-0.3, -0.25) is 4.79 Å². The van der Waals surface area contributed by atoms with Crippen molar-refractivity contribution in [2.24, 2.45) is 0 Å². The van der Waals surface area contributed by atoms with Crippen molar-refractivity contribution in [3.63, 3.8) is 0 Å². The maximum absolute atomic E-state index is 11.3. The molecule has 3 nitrogen and oxygen atoms in total. The summed E-state index contributed by atoms with van der Waals surface area (Å²) in [6, 6.07) is 0. The van der Waals surface area contributed by atoms with E-state index in [0.717, 1.165) is 5.01 Å². The van der Waals surface area contributed by atoms with Crippen molar-refractivity contribution in [2.75, 3.05) is 6.54 Å². The third-order valence-corrected chi connectivity index (χ3v) is 2.32. The van der Waals surface area contributed by atoms with Gasteiger partial charge >= 0.3 is 0 Å². The lowest BCUT2D eigenvalue weighted by Gasteiger charge is -2.03. The van der Waals surface area contributed by atoms with Gasteiger partial charge in [0.2, 0.25) is 0 Å². The number of alkyl halides is 1. The lowest BCUT2D eigenvalue weighted by Crippen LogP contribution is -2.28. The first-order valence-corrected chi connectivity index (χ1v) is 5.25. The van der Waals surface area contributed by atoms with Crippen LogP contribution in [0.25, 0.3) is 0 Å². The minimum absolute atomic E-state index is 0.0521. The standard InChI is InChI=1S/C8H11ClN2OS/c1-5(9)3-10-8(12)7-4-13-6(2)11-7/h4-5H,3H2,1-2H3,(H,10,12). The largest absolute Gasteiger partial charge is 0.349 e. The highest BCUT2D eigenvalue weighted by molar-refractivity contribution is 7.09. The third kappa shape index (κ3) is 3.32. The van der Waals surface area contributed by atoms with Crippen LogP contribution in [0.4, 0.5) is 0 Å². The molecule has 0 aliphatic heterocycles. The van der Waals surface area contributed by atoms with Crippen LogP contribution in [-0.4, -0.2) is 22.8 Å². The van der Waals surface area contributed by atoms with Gasteiger partial charge in [-0.15, -0.1) is 22.9 Å². The Labute approximate surface area is 86.1 Å². The van der Waals surface area contributed by atoms with Gasteiger partial charge in [0, 0.05) is 17.3 Å². The van der Waals surface area contributed by atoms with Gasteiger partial charge < -0.3 is 5.32 Å². The number of amides is 1. The van der Waals surface area contributed by atoms with Crippen molar-refractivity contribution in [1.82, 2.24) is 10.3 Å². The summed E-state index contributed by atoms with van der Waals surface area (Å²) in [5, 5.41) is 5.27. The fourth-order valence-corrected chi connectivity index (χ4v) is 1.46. The summed E-state index contributed by atoms with van der Waals surface area (Å²) in [6.45, 7) is 4.16. The number of halogens is 1. The molecule has 0 aliphatic rings. The van der Waals surface area contributed by atoms with E-state index < -0.39 is 0 Å². The Balaban J connectivity index is 2.49. The smallest absolute Gasteiger partial charge is 0.270 e. The normalized spacial score (nSPS) is 12.5. The second-order valence-electron chi connectivity index (χ2n) is 2.74. The number of thiazole rings is 1. The molecule has 0 radical (unpaired) electrons. The Hall–Kier alpha value is -0.610. The summed E-state index contributed by atoms with van der Waals surface area (Å²) in [5.41, 5.74) is 0.472. The van der Waals surface area contributed by atoms with E-state index in [1.54, 1.807) is 5.38 Å². The number of carbonyl (C=O) groups is 1. The molecule has 0 spiro atoms. The summed E-state index contributed by atoms with van der Waals surface area (Å²) in [7, 11) is 0. The molecule has 0 bridgehead atoms. The minimum Gasteiger partial charge on any atom is -0.349 e. The molecule has 0 fully saturated rings. The SMILES string of the molecule is Cc1nc(C(=O)NCC(C)Cl)cs1. The number of carbonyl (C=O) groups excluding carboxylic acids is 1. The molecule has 1 unspecified atom stereocenters. The highest BCUT2D eigenvalue weighted by Gasteiger charge is 2.08. The monoisotopic (exact) mass is 218 g/mol. The first-order valence-electron chi connectivity index (χ1n) is 3.94. The molecule has 0 aliphatic carbocycles. The van der Waals surface area contributed by atoms with Crippen LogP contribution < -0.4 is 5.32 Å². The number of aromatic nitrogens is 1. The van der Waals surface area contributed by atoms with E-state index in [0.29, 0.717) is 12.2 Å². The van der Waals surface area contributed by atoms with Crippen LogP contribution in [0.15, 0.2) is 5.38 Å². The van der Waals surface area contributed by atoms with E-state index in [2.05, 4.69) is 10.3 Å². The van der Waals surface area contributed by atoms with Gasteiger partial charge in [0.05, 0.1) is 5.01 Å². The Morgan fingerprint density at radius 3 is 3.00 bits per heavy atom. The van der Waals surface area contributed by atoms with Gasteiger partial charge in [0.15, 0.2) is 0 Å². The summed E-state index contributed by atoms with van der Waals surface area (Å²) >= 11 is 7.14. The molecule has 1 amide bonds. The van der Waals surface area contributed by atoms with Crippen LogP contribution >= 0.6 is 22.9 Å². The van der Waals surface area contributed by atoms with Crippen LogP contribution in [0.1, 0.15) is 22.4 Å².